The van der Waals surface area contributed by atoms with Gasteiger partial charge in [0.2, 0.25) is 0 Å². The number of carbonyl (C=O) groups is 1. The zero-order valence-corrected chi connectivity index (χ0v) is 16.8. The molecule has 156 valence electrons. The molecule has 0 saturated carbocycles. The van der Waals surface area contributed by atoms with Crippen LogP contribution in [0, 0.1) is 5.41 Å². The van der Waals surface area contributed by atoms with Crippen molar-refractivity contribution in [2.24, 2.45) is 5.41 Å². The fourth-order valence-electron chi connectivity index (χ4n) is 3.93. The Morgan fingerprint density at radius 1 is 1.20 bits per heavy atom. The van der Waals surface area contributed by atoms with Crippen molar-refractivity contribution in [1.29, 1.82) is 0 Å². The summed E-state index contributed by atoms with van der Waals surface area (Å²) in [5.74, 6) is -1.28. The average molecular weight is 413 g/mol. The first-order chi connectivity index (χ1) is 14.1. The molecule has 4 rings (SSSR count). The largest absolute Gasteiger partial charge is 0.477 e. The van der Waals surface area contributed by atoms with Crippen molar-refractivity contribution in [2.75, 3.05) is 0 Å². The third-order valence-corrected chi connectivity index (χ3v) is 5.51. The molecule has 0 amide bonds. The van der Waals surface area contributed by atoms with Crippen LogP contribution < -0.4 is 5.43 Å². The molecule has 3 heterocycles. The summed E-state index contributed by atoms with van der Waals surface area (Å²) >= 11 is 0. The fraction of sp³-hybridized carbons (Fsp3) is 0.318. The molecule has 1 atom stereocenters. The Bertz CT molecular complexity index is 1210. The van der Waals surface area contributed by atoms with Gasteiger partial charge < -0.3 is 9.67 Å². The van der Waals surface area contributed by atoms with E-state index in [-0.39, 0.29) is 22.6 Å². The van der Waals surface area contributed by atoms with E-state index < -0.39 is 17.8 Å². The number of alkyl halides is 2. The zero-order chi connectivity index (χ0) is 21.8. The van der Waals surface area contributed by atoms with Gasteiger partial charge in [-0.05, 0) is 11.5 Å². The molecule has 0 bridgehead atoms. The number of aromatic carboxylic acids is 1. The highest BCUT2D eigenvalue weighted by atomic mass is 19.3. The third-order valence-electron chi connectivity index (χ3n) is 5.51. The van der Waals surface area contributed by atoms with E-state index in [2.05, 4.69) is 5.10 Å². The Hall–Kier alpha value is -3.29. The first-order valence-corrected chi connectivity index (χ1v) is 9.53. The Morgan fingerprint density at radius 3 is 2.53 bits per heavy atom. The van der Waals surface area contributed by atoms with Gasteiger partial charge >= 0.3 is 5.97 Å². The van der Waals surface area contributed by atoms with Crippen LogP contribution in [0.4, 0.5) is 8.78 Å². The molecule has 0 spiro atoms. The molecule has 8 heteroatoms. The Kier molecular flexibility index (Phi) is 4.60. The maximum atomic E-state index is 13.5. The monoisotopic (exact) mass is 413 g/mol. The average Bonchev–Trinajstić information content (AvgIpc) is 3.10. The third kappa shape index (κ3) is 3.22. The number of pyridine rings is 1. The topological polar surface area (TPSA) is 77.1 Å². The summed E-state index contributed by atoms with van der Waals surface area (Å²) in [6.45, 7) is 6.47. The normalized spacial score (nSPS) is 15.7. The molecule has 0 radical (unpaired) electrons. The molecular weight excluding hydrogens is 392 g/mol. The number of carboxylic acids is 1. The second-order valence-corrected chi connectivity index (χ2v) is 8.52. The number of hydrogen-bond acceptors (Lipinski definition) is 3. The van der Waals surface area contributed by atoms with Crippen molar-refractivity contribution in [2.45, 2.75) is 39.8 Å². The van der Waals surface area contributed by atoms with Crippen LogP contribution in [0.5, 0.6) is 0 Å². The van der Waals surface area contributed by atoms with E-state index in [1.165, 1.54) is 18.3 Å². The smallest absolute Gasteiger partial charge is 0.341 e. The predicted molar refractivity (Wildman–Crippen MR) is 108 cm³/mol. The highest BCUT2D eigenvalue weighted by molar-refractivity contribution is 5.87. The standard InChI is InChI=1S/C22H21F2N3O3/c1-22(2,3)19-11-27-17(16-9-18(28)14(21(29)30)10-26(16)19)8-15(25-27)12-6-4-5-7-13(12)20(23)24/h4-10,19-20H,11H2,1-3H3,(H,29,30)/t19-/m0/s1. The van der Waals surface area contributed by atoms with Crippen LogP contribution in [-0.4, -0.2) is 25.4 Å². The lowest BCUT2D eigenvalue weighted by Crippen LogP contribution is -2.35. The quantitative estimate of drug-likeness (QED) is 0.680. The van der Waals surface area contributed by atoms with Crippen LogP contribution in [0.15, 0.2) is 47.4 Å². The van der Waals surface area contributed by atoms with Crippen LogP contribution >= 0.6 is 0 Å². The summed E-state index contributed by atoms with van der Waals surface area (Å²) in [5.41, 5.74) is 0.529. The van der Waals surface area contributed by atoms with Crippen LogP contribution in [0.1, 0.15) is 49.2 Å². The fourth-order valence-corrected chi connectivity index (χ4v) is 3.93. The van der Waals surface area contributed by atoms with Crippen LogP contribution in [0.3, 0.4) is 0 Å². The molecule has 0 unspecified atom stereocenters. The number of hydrogen-bond donors (Lipinski definition) is 1. The summed E-state index contributed by atoms with van der Waals surface area (Å²) < 4.78 is 30.5. The van der Waals surface area contributed by atoms with Crippen molar-refractivity contribution in [1.82, 2.24) is 14.3 Å². The molecule has 2 aromatic heterocycles. The Balaban J connectivity index is 1.95. The number of nitrogens with zero attached hydrogens (tertiary/aromatic N) is 3. The van der Waals surface area contributed by atoms with Gasteiger partial charge in [0.05, 0.1) is 29.7 Å². The minimum atomic E-state index is -2.64. The molecule has 0 aliphatic carbocycles. The molecular formula is C22H21F2N3O3. The molecule has 30 heavy (non-hydrogen) atoms. The minimum absolute atomic E-state index is 0.112. The van der Waals surface area contributed by atoms with Gasteiger partial charge in [-0.2, -0.15) is 5.10 Å². The van der Waals surface area contributed by atoms with E-state index in [9.17, 15) is 23.5 Å². The Morgan fingerprint density at radius 2 is 1.90 bits per heavy atom. The van der Waals surface area contributed by atoms with E-state index >= 15 is 0 Å². The highest BCUT2D eigenvalue weighted by Crippen LogP contribution is 2.41. The van der Waals surface area contributed by atoms with Crippen molar-refractivity contribution in [3.8, 4) is 22.6 Å². The van der Waals surface area contributed by atoms with E-state index in [4.69, 9.17) is 0 Å². The molecule has 6 nitrogen and oxygen atoms in total. The summed E-state index contributed by atoms with van der Waals surface area (Å²) in [4.78, 5) is 23.9. The van der Waals surface area contributed by atoms with Gasteiger partial charge in [0.15, 0.2) is 5.43 Å². The summed E-state index contributed by atoms with van der Waals surface area (Å²) in [6, 6.07) is 8.97. The van der Waals surface area contributed by atoms with Gasteiger partial charge in [0, 0.05) is 23.4 Å². The second kappa shape index (κ2) is 6.90. The number of benzene rings is 1. The second-order valence-electron chi connectivity index (χ2n) is 8.52. The van der Waals surface area contributed by atoms with E-state index in [0.717, 1.165) is 0 Å². The van der Waals surface area contributed by atoms with Crippen LogP contribution in [0.2, 0.25) is 0 Å². The number of rotatable bonds is 3. The molecule has 1 aromatic carbocycles. The van der Waals surface area contributed by atoms with Gasteiger partial charge in [-0.3, -0.25) is 9.48 Å². The molecule has 3 aromatic rings. The van der Waals surface area contributed by atoms with Gasteiger partial charge in [-0.15, -0.1) is 0 Å². The molecule has 1 N–H and O–H groups in total. The van der Waals surface area contributed by atoms with E-state index in [1.54, 1.807) is 33.5 Å². The first-order valence-electron chi connectivity index (χ1n) is 9.53. The SMILES string of the molecule is CC(C)(C)[C@@H]1Cn2nc(-c3ccccc3C(F)F)cc2-c2cc(=O)c(C(=O)O)cn21. The van der Waals surface area contributed by atoms with E-state index in [1.807, 2.05) is 20.8 Å². The van der Waals surface area contributed by atoms with Gasteiger partial charge in [0.25, 0.3) is 6.43 Å². The molecule has 1 aliphatic rings. The summed E-state index contributed by atoms with van der Waals surface area (Å²) in [5, 5.41) is 14.0. The molecule has 0 saturated heterocycles. The van der Waals surface area contributed by atoms with Crippen molar-refractivity contribution in [3.05, 3.63) is 63.9 Å². The highest BCUT2D eigenvalue weighted by Gasteiger charge is 2.34. The predicted octanol–water partition coefficient (Wildman–Crippen LogP) is 4.62. The lowest BCUT2D eigenvalue weighted by atomic mass is 9.85. The zero-order valence-electron chi connectivity index (χ0n) is 16.8. The van der Waals surface area contributed by atoms with Crippen molar-refractivity contribution >= 4 is 5.97 Å². The number of carboxylic acid groups (broad SMARTS) is 1. The number of halogens is 2. The molecule has 0 fully saturated rings. The van der Waals surface area contributed by atoms with Crippen LogP contribution in [-0.2, 0) is 6.54 Å². The van der Waals surface area contributed by atoms with Crippen LogP contribution in [0.25, 0.3) is 22.6 Å². The van der Waals surface area contributed by atoms with Crippen molar-refractivity contribution in [3.63, 3.8) is 0 Å². The molecule has 1 aliphatic heterocycles. The van der Waals surface area contributed by atoms with E-state index in [0.29, 0.717) is 29.2 Å². The summed E-state index contributed by atoms with van der Waals surface area (Å²) in [6.07, 6.45) is -1.27. The number of fused-ring (bicyclic) bond motifs is 3. The lowest BCUT2D eigenvalue weighted by Gasteiger charge is -2.38. The lowest BCUT2D eigenvalue weighted by molar-refractivity contribution is 0.0693. The number of aromatic nitrogens is 3. The van der Waals surface area contributed by atoms with Crippen molar-refractivity contribution < 1.29 is 18.7 Å². The summed E-state index contributed by atoms with van der Waals surface area (Å²) in [7, 11) is 0. The minimum Gasteiger partial charge on any atom is -0.477 e. The van der Waals surface area contributed by atoms with Gasteiger partial charge in [-0.1, -0.05) is 45.0 Å². The van der Waals surface area contributed by atoms with Gasteiger partial charge in [-0.25, -0.2) is 13.6 Å². The Labute approximate surface area is 171 Å². The maximum absolute atomic E-state index is 13.5. The maximum Gasteiger partial charge on any atom is 0.341 e. The first kappa shape index (κ1) is 20.0. The van der Waals surface area contributed by atoms with Gasteiger partial charge in [0.1, 0.15) is 5.56 Å².